The first-order valence-electron chi connectivity index (χ1n) is 6.14. The fourth-order valence-corrected chi connectivity index (χ4v) is 1.58. The van der Waals surface area contributed by atoms with Crippen molar-refractivity contribution in [2.45, 2.75) is 25.3 Å². The van der Waals surface area contributed by atoms with Crippen molar-refractivity contribution in [1.29, 1.82) is 0 Å². The molecule has 2 N–H and O–H groups in total. The minimum Gasteiger partial charge on any atom is -0.389 e. The Morgan fingerprint density at radius 2 is 1.90 bits per heavy atom. The lowest BCUT2D eigenvalue weighted by Crippen LogP contribution is -2.32. The predicted octanol–water partition coefficient (Wildman–Crippen LogP) is 2.76. The van der Waals surface area contributed by atoms with E-state index in [9.17, 15) is 18.3 Å². The number of hydrogen-bond donors (Lipinski definition) is 2. The van der Waals surface area contributed by atoms with E-state index in [-0.39, 0.29) is 19.7 Å². The summed E-state index contributed by atoms with van der Waals surface area (Å²) in [5.41, 5.74) is 0.909. The molecule has 1 atom stereocenters. The van der Waals surface area contributed by atoms with Crippen molar-refractivity contribution in [3.05, 3.63) is 34.9 Å². The van der Waals surface area contributed by atoms with Crippen molar-refractivity contribution in [2.24, 2.45) is 0 Å². The van der Waals surface area contributed by atoms with Gasteiger partial charge in [0.05, 0.1) is 25.7 Å². The van der Waals surface area contributed by atoms with Crippen LogP contribution >= 0.6 is 11.6 Å². The summed E-state index contributed by atoms with van der Waals surface area (Å²) in [6, 6.07) is 7.07. The van der Waals surface area contributed by atoms with Gasteiger partial charge < -0.3 is 15.2 Å². The minimum atomic E-state index is -4.18. The highest BCUT2D eigenvalue weighted by molar-refractivity contribution is 6.30. The fourth-order valence-electron chi connectivity index (χ4n) is 1.45. The molecule has 0 saturated carbocycles. The summed E-state index contributed by atoms with van der Waals surface area (Å²) in [6.45, 7) is 0.229. The smallest absolute Gasteiger partial charge is 0.389 e. The zero-order valence-corrected chi connectivity index (χ0v) is 11.5. The van der Waals surface area contributed by atoms with Gasteiger partial charge in [-0.1, -0.05) is 23.7 Å². The molecule has 1 aromatic carbocycles. The Morgan fingerprint density at radius 3 is 2.50 bits per heavy atom. The molecule has 0 heterocycles. The van der Waals surface area contributed by atoms with Crippen LogP contribution in [0.5, 0.6) is 0 Å². The predicted molar refractivity (Wildman–Crippen MR) is 70.7 cm³/mol. The van der Waals surface area contributed by atoms with Crippen LogP contribution in [0.25, 0.3) is 0 Å². The molecule has 114 valence electrons. The van der Waals surface area contributed by atoms with Crippen LogP contribution in [0.3, 0.4) is 0 Å². The van der Waals surface area contributed by atoms with Crippen molar-refractivity contribution < 1.29 is 23.0 Å². The lowest BCUT2D eigenvalue weighted by atomic mass is 10.2. The van der Waals surface area contributed by atoms with Gasteiger partial charge in [0, 0.05) is 18.1 Å². The Hall–Kier alpha value is -0.820. The second-order valence-corrected chi connectivity index (χ2v) is 4.80. The molecule has 1 aromatic rings. The van der Waals surface area contributed by atoms with E-state index in [0.717, 1.165) is 5.56 Å². The number of nitrogens with one attached hydrogen (secondary N) is 1. The number of halogens is 4. The van der Waals surface area contributed by atoms with Crippen molar-refractivity contribution in [3.63, 3.8) is 0 Å². The Morgan fingerprint density at radius 1 is 1.25 bits per heavy atom. The molecule has 0 aliphatic carbocycles. The van der Waals surface area contributed by atoms with E-state index in [1.54, 1.807) is 24.3 Å². The molecular weight excluding hydrogens is 295 g/mol. The van der Waals surface area contributed by atoms with Gasteiger partial charge in [0.25, 0.3) is 0 Å². The molecule has 0 aromatic heterocycles. The highest BCUT2D eigenvalue weighted by atomic mass is 35.5. The number of benzene rings is 1. The number of hydrogen-bond acceptors (Lipinski definition) is 3. The summed E-state index contributed by atoms with van der Waals surface area (Å²) in [5, 5.41) is 12.7. The second kappa shape index (κ2) is 8.46. The summed E-state index contributed by atoms with van der Waals surface area (Å²) in [5.74, 6) is 0. The lowest BCUT2D eigenvalue weighted by molar-refractivity contribution is -0.133. The van der Waals surface area contributed by atoms with Crippen LogP contribution < -0.4 is 5.32 Å². The van der Waals surface area contributed by atoms with Crippen LogP contribution in [0.4, 0.5) is 13.2 Å². The van der Waals surface area contributed by atoms with Crippen LogP contribution in [0.2, 0.25) is 5.02 Å². The van der Waals surface area contributed by atoms with Gasteiger partial charge in [-0.05, 0) is 17.7 Å². The summed E-state index contributed by atoms with van der Waals surface area (Å²) < 4.78 is 40.9. The van der Waals surface area contributed by atoms with E-state index >= 15 is 0 Å². The standard InChI is InChI=1S/C13H17ClF3NO2/c14-11-3-1-10(2-4-11)8-20-9-12(19)7-18-6-5-13(15,16)17/h1-4,12,18-19H,5-9H2. The SMILES string of the molecule is OC(CNCCC(F)(F)F)COCc1ccc(Cl)cc1. The molecule has 3 nitrogen and oxygen atoms in total. The molecule has 0 radical (unpaired) electrons. The van der Waals surface area contributed by atoms with E-state index in [4.69, 9.17) is 16.3 Å². The third kappa shape index (κ3) is 8.37. The molecule has 0 spiro atoms. The molecule has 1 unspecified atom stereocenters. The van der Waals surface area contributed by atoms with Crippen molar-refractivity contribution in [3.8, 4) is 0 Å². The summed E-state index contributed by atoms with van der Waals surface area (Å²) in [4.78, 5) is 0. The van der Waals surface area contributed by atoms with E-state index in [0.29, 0.717) is 11.6 Å². The van der Waals surface area contributed by atoms with Crippen LogP contribution in [0, 0.1) is 0 Å². The molecular formula is C13H17ClF3NO2. The van der Waals surface area contributed by atoms with Crippen molar-refractivity contribution in [1.82, 2.24) is 5.32 Å². The quantitative estimate of drug-likeness (QED) is 0.725. The topological polar surface area (TPSA) is 41.5 Å². The summed E-state index contributed by atoms with van der Waals surface area (Å²) in [7, 11) is 0. The first-order chi connectivity index (χ1) is 9.37. The maximum absolute atomic E-state index is 11.9. The largest absolute Gasteiger partial charge is 0.390 e. The molecule has 0 aliphatic heterocycles. The third-order valence-electron chi connectivity index (χ3n) is 2.46. The van der Waals surface area contributed by atoms with Gasteiger partial charge in [0.2, 0.25) is 0 Å². The molecule has 0 amide bonds. The first kappa shape index (κ1) is 17.2. The van der Waals surface area contributed by atoms with E-state index in [2.05, 4.69) is 5.32 Å². The molecule has 20 heavy (non-hydrogen) atoms. The Labute approximate surface area is 120 Å². The van der Waals surface area contributed by atoms with Gasteiger partial charge in [0.15, 0.2) is 0 Å². The van der Waals surface area contributed by atoms with Gasteiger partial charge in [-0.3, -0.25) is 0 Å². The monoisotopic (exact) mass is 311 g/mol. The van der Waals surface area contributed by atoms with Gasteiger partial charge in [-0.15, -0.1) is 0 Å². The van der Waals surface area contributed by atoms with E-state index in [1.807, 2.05) is 0 Å². The summed E-state index contributed by atoms with van der Waals surface area (Å²) in [6.07, 6.45) is -5.93. The third-order valence-corrected chi connectivity index (χ3v) is 2.71. The maximum atomic E-state index is 11.9. The average molecular weight is 312 g/mol. The van der Waals surface area contributed by atoms with Crippen LogP contribution in [-0.4, -0.2) is 37.1 Å². The molecule has 0 saturated heterocycles. The van der Waals surface area contributed by atoms with Crippen molar-refractivity contribution in [2.75, 3.05) is 19.7 Å². The number of alkyl halides is 3. The molecule has 0 bridgehead atoms. The molecule has 7 heteroatoms. The van der Waals surface area contributed by atoms with Crippen molar-refractivity contribution >= 4 is 11.6 Å². The van der Waals surface area contributed by atoms with Gasteiger partial charge in [0.1, 0.15) is 0 Å². The van der Waals surface area contributed by atoms with Gasteiger partial charge in [-0.2, -0.15) is 13.2 Å². The number of ether oxygens (including phenoxy) is 1. The highest BCUT2D eigenvalue weighted by Crippen LogP contribution is 2.18. The van der Waals surface area contributed by atoms with E-state index < -0.39 is 18.7 Å². The fraction of sp³-hybridized carbons (Fsp3) is 0.538. The van der Waals surface area contributed by atoms with Gasteiger partial charge >= 0.3 is 6.18 Å². The number of aliphatic hydroxyl groups is 1. The Balaban J connectivity index is 2.08. The van der Waals surface area contributed by atoms with Crippen LogP contribution in [0.1, 0.15) is 12.0 Å². The number of aliphatic hydroxyl groups excluding tert-OH is 1. The Bertz CT molecular complexity index is 384. The van der Waals surface area contributed by atoms with Crippen LogP contribution in [-0.2, 0) is 11.3 Å². The molecule has 1 rings (SSSR count). The molecule has 0 fully saturated rings. The minimum absolute atomic E-state index is 0.0572. The zero-order chi connectivity index (χ0) is 15.0. The van der Waals surface area contributed by atoms with E-state index in [1.165, 1.54) is 0 Å². The zero-order valence-electron chi connectivity index (χ0n) is 10.8. The number of rotatable bonds is 8. The lowest BCUT2D eigenvalue weighted by Gasteiger charge is -2.13. The normalized spacial score (nSPS) is 13.4. The molecule has 0 aliphatic rings. The summed E-state index contributed by atoms with van der Waals surface area (Å²) >= 11 is 5.73. The average Bonchev–Trinajstić information content (AvgIpc) is 2.36. The maximum Gasteiger partial charge on any atom is 0.390 e. The first-order valence-corrected chi connectivity index (χ1v) is 6.52. The second-order valence-electron chi connectivity index (χ2n) is 4.36. The van der Waals surface area contributed by atoms with Gasteiger partial charge in [-0.25, -0.2) is 0 Å². The van der Waals surface area contributed by atoms with Crippen LogP contribution in [0.15, 0.2) is 24.3 Å². The highest BCUT2D eigenvalue weighted by Gasteiger charge is 2.26. The Kier molecular flexibility index (Phi) is 7.29.